The van der Waals surface area contributed by atoms with Crippen LogP contribution in [0.1, 0.15) is 29.3 Å². The van der Waals surface area contributed by atoms with E-state index < -0.39 is 11.6 Å². The lowest BCUT2D eigenvalue weighted by molar-refractivity contribution is -0.154. The Balaban J connectivity index is 2.54. The Kier molecular flexibility index (Phi) is 2.62. The molecular weight excluding hydrogens is 244 g/mol. The molecule has 90 valence electrons. The summed E-state index contributed by atoms with van der Waals surface area (Å²) in [5, 5.41) is 9.53. The molecule has 1 aliphatic heterocycles. The minimum absolute atomic E-state index is 0.186. The Morgan fingerprint density at radius 3 is 2.76 bits per heavy atom. The number of benzene rings is 1. The Hall–Kier alpha value is -1.55. The van der Waals surface area contributed by atoms with Gasteiger partial charge in [0, 0.05) is 5.02 Å². The minimum atomic E-state index is -1.50. The third kappa shape index (κ3) is 1.89. The van der Waals surface area contributed by atoms with Crippen LogP contribution in [0.3, 0.4) is 0 Å². The number of fused-ring (bicyclic) bond motifs is 1. The summed E-state index contributed by atoms with van der Waals surface area (Å²) < 4.78 is 5.41. The maximum atomic E-state index is 11.9. The topological polar surface area (TPSA) is 63.6 Å². The molecule has 0 radical (unpaired) electrons. The summed E-state index contributed by atoms with van der Waals surface area (Å²) >= 11 is 5.92. The quantitative estimate of drug-likeness (QED) is 0.836. The Morgan fingerprint density at radius 2 is 2.18 bits per heavy atom. The average Bonchev–Trinajstić information content (AvgIpc) is 2.21. The number of aliphatic carboxylic acids is 1. The molecule has 1 aromatic carbocycles. The van der Waals surface area contributed by atoms with Gasteiger partial charge in [-0.05, 0) is 31.5 Å². The zero-order chi connectivity index (χ0) is 12.8. The van der Waals surface area contributed by atoms with Gasteiger partial charge in [-0.15, -0.1) is 0 Å². The second-order valence-corrected chi connectivity index (χ2v) is 4.74. The molecule has 1 aromatic rings. The molecule has 0 fully saturated rings. The van der Waals surface area contributed by atoms with Crippen LogP contribution in [0.25, 0.3) is 0 Å². The van der Waals surface area contributed by atoms with E-state index >= 15 is 0 Å². The molecule has 1 N–H and O–H groups in total. The fraction of sp³-hybridized carbons (Fsp3) is 0.333. The van der Waals surface area contributed by atoms with Gasteiger partial charge < -0.3 is 9.84 Å². The first-order valence-electron chi connectivity index (χ1n) is 5.09. The first-order chi connectivity index (χ1) is 7.83. The molecule has 4 nitrogen and oxygen atoms in total. The van der Waals surface area contributed by atoms with E-state index in [2.05, 4.69) is 0 Å². The summed E-state index contributed by atoms with van der Waals surface area (Å²) in [6.45, 7) is 3.16. The number of Topliss-reactive ketones (excluding diaryl/α,β-unsaturated/α-hetero) is 1. The molecule has 0 amide bonds. The van der Waals surface area contributed by atoms with E-state index in [0.717, 1.165) is 5.56 Å². The molecule has 1 heterocycles. The minimum Gasteiger partial charge on any atom is -0.478 e. The highest BCUT2D eigenvalue weighted by Gasteiger charge is 2.43. The summed E-state index contributed by atoms with van der Waals surface area (Å²) in [5.41, 5.74) is -0.406. The summed E-state index contributed by atoms with van der Waals surface area (Å²) in [6, 6.07) is 3.12. The standard InChI is InChI=1S/C12H11ClO4/c1-6-3-10-7(4-8(6)13)9(14)5-12(2,17-10)11(15)16/h3-4H,5H2,1-2H3,(H,15,16). The highest BCUT2D eigenvalue weighted by Crippen LogP contribution is 2.36. The number of aryl methyl sites for hydroxylation is 1. The van der Waals surface area contributed by atoms with Crippen LogP contribution in [-0.2, 0) is 4.79 Å². The number of carbonyl (C=O) groups is 2. The van der Waals surface area contributed by atoms with Crippen molar-refractivity contribution in [2.45, 2.75) is 25.9 Å². The van der Waals surface area contributed by atoms with Gasteiger partial charge in [0.2, 0.25) is 5.60 Å². The third-order valence-corrected chi connectivity index (χ3v) is 3.25. The van der Waals surface area contributed by atoms with E-state index in [9.17, 15) is 9.59 Å². The second kappa shape index (κ2) is 3.74. The molecular formula is C12H11ClO4. The normalized spacial score (nSPS) is 22.9. The summed E-state index contributed by atoms with van der Waals surface area (Å²) in [5.74, 6) is -1.13. The molecule has 0 aliphatic carbocycles. The number of ether oxygens (including phenoxy) is 1. The van der Waals surface area contributed by atoms with Gasteiger partial charge in [0.05, 0.1) is 12.0 Å². The van der Waals surface area contributed by atoms with Gasteiger partial charge in [0.15, 0.2) is 5.78 Å². The zero-order valence-corrected chi connectivity index (χ0v) is 10.2. The van der Waals surface area contributed by atoms with Crippen molar-refractivity contribution in [1.82, 2.24) is 0 Å². The van der Waals surface area contributed by atoms with E-state index in [-0.39, 0.29) is 18.0 Å². The van der Waals surface area contributed by atoms with Gasteiger partial charge in [0.1, 0.15) is 5.75 Å². The van der Waals surface area contributed by atoms with Crippen LogP contribution < -0.4 is 4.74 Å². The van der Waals surface area contributed by atoms with Crippen molar-refractivity contribution in [2.24, 2.45) is 0 Å². The predicted octanol–water partition coefficient (Wildman–Crippen LogP) is 2.46. The van der Waals surface area contributed by atoms with E-state index in [1.54, 1.807) is 13.0 Å². The predicted molar refractivity (Wildman–Crippen MR) is 61.8 cm³/mol. The van der Waals surface area contributed by atoms with Gasteiger partial charge in [-0.3, -0.25) is 4.79 Å². The van der Waals surface area contributed by atoms with Gasteiger partial charge in [0.25, 0.3) is 0 Å². The van der Waals surface area contributed by atoms with E-state index in [4.69, 9.17) is 21.4 Å². The number of carboxylic acids is 1. The summed E-state index contributed by atoms with van der Waals surface area (Å²) in [7, 11) is 0. The van der Waals surface area contributed by atoms with Crippen LogP contribution in [0.15, 0.2) is 12.1 Å². The number of hydrogen-bond acceptors (Lipinski definition) is 3. The van der Waals surface area contributed by atoms with Crippen molar-refractivity contribution in [3.63, 3.8) is 0 Å². The molecule has 1 atom stereocenters. The number of ketones is 1. The molecule has 0 saturated carbocycles. The SMILES string of the molecule is Cc1cc2c(cc1Cl)C(=O)CC(C)(C(=O)O)O2. The van der Waals surface area contributed by atoms with Crippen molar-refractivity contribution in [3.05, 3.63) is 28.3 Å². The first kappa shape index (κ1) is 11.9. The summed E-state index contributed by atoms with van der Waals surface area (Å²) in [6.07, 6.45) is -0.186. The van der Waals surface area contributed by atoms with Crippen molar-refractivity contribution < 1.29 is 19.4 Å². The van der Waals surface area contributed by atoms with Crippen LogP contribution >= 0.6 is 11.6 Å². The highest BCUT2D eigenvalue weighted by molar-refractivity contribution is 6.31. The van der Waals surface area contributed by atoms with Crippen molar-refractivity contribution in [1.29, 1.82) is 0 Å². The van der Waals surface area contributed by atoms with E-state index in [1.165, 1.54) is 13.0 Å². The number of hydrogen-bond donors (Lipinski definition) is 1. The van der Waals surface area contributed by atoms with Crippen molar-refractivity contribution in [3.8, 4) is 5.75 Å². The van der Waals surface area contributed by atoms with Crippen LogP contribution in [-0.4, -0.2) is 22.5 Å². The lowest BCUT2D eigenvalue weighted by atomic mass is 9.91. The van der Waals surface area contributed by atoms with Gasteiger partial charge in [-0.1, -0.05) is 11.6 Å². The van der Waals surface area contributed by atoms with Crippen LogP contribution in [0.2, 0.25) is 5.02 Å². The van der Waals surface area contributed by atoms with Gasteiger partial charge in [-0.25, -0.2) is 4.79 Å². The summed E-state index contributed by atoms with van der Waals surface area (Å²) in [4.78, 5) is 22.9. The van der Waals surface area contributed by atoms with Crippen molar-refractivity contribution in [2.75, 3.05) is 0 Å². The Bertz CT molecular complexity index is 523. The molecule has 0 spiro atoms. The monoisotopic (exact) mass is 254 g/mol. The number of rotatable bonds is 1. The highest BCUT2D eigenvalue weighted by atomic mass is 35.5. The number of halogens is 1. The Morgan fingerprint density at radius 1 is 1.53 bits per heavy atom. The molecule has 0 aromatic heterocycles. The average molecular weight is 255 g/mol. The molecule has 5 heteroatoms. The van der Waals surface area contributed by atoms with Crippen molar-refractivity contribution >= 4 is 23.4 Å². The van der Waals surface area contributed by atoms with E-state index in [0.29, 0.717) is 10.6 Å². The number of carboxylic acid groups (broad SMARTS) is 1. The lowest BCUT2D eigenvalue weighted by Crippen LogP contribution is -2.46. The Labute approximate surface area is 103 Å². The molecule has 2 rings (SSSR count). The van der Waals surface area contributed by atoms with Crippen LogP contribution in [0.5, 0.6) is 5.75 Å². The van der Waals surface area contributed by atoms with Gasteiger partial charge in [-0.2, -0.15) is 0 Å². The third-order valence-electron chi connectivity index (χ3n) is 2.85. The molecule has 1 unspecified atom stereocenters. The fourth-order valence-electron chi connectivity index (χ4n) is 1.76. The molecule has 0 saturated heterocycles. The molecule has 1 aliphatic rings. The van der Waals surface area contributed by atoms with Crippen LogP contribution in [0, 0.1) is 6.92 Å². The molecule has 0 bridgehead atoms. The van der Waals surface area contributed by atoms with Crippen LogP contribution in [0.4, 0.5) is 0 Å². The second-order valence-electron chi connectivity index (χ2n) is 4.34. The fourth-order valence-corrected chi connectivity index (χ4v) is 1.92. The maximum absolute atomic E-state index is 11.9. The lowest BCUT2D eigenvalue weighted by Gasteiger charge is -2.31. The number of carbonyl (C=O) groups excluding carboxylic acids is 1. The maximum Gasteiger partial charge on any atom is 0.348 e. The first-order valence-corrected chi connectivity index (χ1v) is 5.47. The zero-order valence-electron chi connectivity index (χ0n) is 9.41. The smallest absolute Gasteiger partial charge is 0.348 e. The van der Waals surface area contributed by atoms with E-state index in [1.807, 2.05) is 0 Å². The largest absolute Gasteiger partial charge is 0.478 e. The van der Waals surface area contributed by atoms with Gasteiger partial charge >= 0.3 is 5.97 Å². The molecule has 17 heavy (non-hydrogen) atoms.